The Hall–Kier alpha value is -2.49. The molecular weight excluding hydrogens is 266 g/mol. The number of anilines is 1. The Bertz CT molecular complexity index is 654. The van der Waals surface area contributed by atoms with Crippen molar-refractivity contribution in [3.8, 4) is 5.75 Å². The Labute approximate surface area is 123 Å². The molecule has 0 fully saturated rings. The minimum Gasteiger partial charge on any atom is -0.493 e. The highest BCUT2D eigenvalue weighted by molar-refractivity contribution is 5.73. The third-order valence-electron chi connectivity index (χ3n) is 3.54. The van der Waals surface area contributed by atoms with Gasteiger partial charge in [-0.1, -0.05) is 30.3 Å². The summed E-state index contributed by atoms with van der Waals surface area (Å²) in [6.07, 6.45) is 0.236. The molecule has 0 bridgehead atoms. The molecular formula is C17H17NO3. The van der Waals surface area contributed by atoms with Crippen LogP contribution in [0.2, 0.25) is 0 Å². The molecule has 2 aromatic rings. The van der Waals surface area contributed by atoms with Crippen LogP contribution in [0.4, 0.5) is 5.69 Å². The molecule has 0 saturated heterocycles. The maximum absolute atomic E-state index is 11.9. The molecule has 1 unspecified atom stereocenters. The van der Waals surface area contributed by atoms with Crippen LogP contribution in [0.3, 0.4) is 0 Å². The van der Waals surface area contributed by atoms with E-state index in [0.717, 1.165) is 16.9 Å². The van der Waals surface area contributed by atoms with Gasteiger partial charge < -0.3 is 15.2 Å². The number of para-hydroxylation sites is 1. The minimum absolute atomic E-state index is 0.117. The summed E-state index contributed by atoms with van der Waals surface area (Å²) >= 11 is 0. The first kappa shape index (κ1) is 13.5. The van der Waals surface area contributed by atoms with Crippen molar-refractivity contribution in [3.05, 3.63) is 59.7 Å². The van der Waals surface area contributed by atoms with Crippen molar-refractivity contribution in [2.75, 3.05) is 18.9 Å². The van der Waals surface area contributed by atoms with Gasteiger partial charge >= 0.3 is 5.97 Å². The standard InChI is InChI=1S/C17H17NO3/c18-14-5-3-4-12(8-14)9-17(19)21-11-13-10-20-16-7-2-1-6-15(13)16/h1-8,13H,9-11,18H2. The molecule has 0 radical (unpaired) electrons. The molecule has 2 N–H and O–H groups in total. The fourth-order valence-corrected chi connectivity index (χ4v) is 2.48. The highest BCUT2D eigenvalue weighted by atomic mass is 16.5. The van der Waals surface area contributed by atoms with Crippen LogP contribution in [0.1, 0.15) is 17.0 Å². The number of fused-ring (bicyclic) bond motifs is 1. The molecule has 1 atom stereocenters. The quantitative estimate of drug-likeness (QED) is 0.692. The monoisotopic (exact) mass is 283 g/mol. The van der Waals surface area contributed by atoms with E-state index in [1.807, 2.05) is 36.4 Å². The summed E-state index contributed by atoms with van der Waals surface area (Å²) in [5, 5.41) is 0. The van der Waals surface area contributed by atoms with Crippen LogP contribution in [0.15, 0.2) is 48.5 Å². The number of rotatable bonds is 4. The summed E-state index contributed by atoms with van der Waals surface area (Å²) in [6, 6.07) is 15.1. The van der Waals surface area contributed by atoms with Gasteiger partial charge in [0.2, 0.25) is 0 Å². The van der Waals surface area contributed by atoms with Crippen molar-refractivity contribution < 1.29 is 14.3 Å². The molecule has 1 aliphatic rings. The van der Waals surface area contributed by atoms with Crippen molar-refractivity contribution >= 4 is 11.7 Å². The molecule has 108 valence electrons. The molecule has 0 aromatic heterocycles. The number of carbonyl (C=O) groups is 1. The highest BCUT2D eigenvalue weighted by Gasteiger charge is 2.24. The van der Waals surface area contributed by atoms with E-state index in [1.165, 1.54) is 0 Å². The fraction of sp³-hybridized carbons (Fsp3) is 0.235. The smallest absolute Gasteiger partial charge is 0.310 e. The fourth-order valence-electron chi connectivity index (χ4n) is 2.48. The van der Waals surface area contributed by atoms with E-state index in [-0.39, 0.29) is 18.3 Å². The van der Waals surface area contributed by atoms with Crippen LogP contribution < -0.4 is 10.5 Å². The average Bonchev–Trinajstić information content (AvgIpc) is 2.88. The van der Waals surface area contributed by atoms with Crippen LogP contribution in [-0.4, -0.2) is 19.2 Å². The second-order valence-electron chi connectivity index (χ2n) is 5.15. The normalized spacial score (nSPS) is 16.1. The second kappa shape index (κ2) is 5.87. The van der Waals surface area contributed by atoms with Crippen LogP contribution in [-0.2, 0) is 16.0 Å². The van der Waals surface area contributed by atoms with E-state index in [1.54, 1.807) is 12.1 Å². The molecule has 4 nitrogen and oxygen atoms in total. The number of hydrogen-bond donors (Lipinski definition) is 1. The Balaban J connectivity index is 1.55. The number of nitrogens with two attached hydrogens (primary N) is 1. The van der Waals surface area contributed by atoms with Gasteiger partial charge in [-0.2, -0.15) is 0 Å². The summed E-state index contributed by atoms with van der Waals surface area (Å²) in [5.74, 6) is 0.755. The van der Waals surface area contributed by atoms with Gasteiger partial charge in [0, 0.05) is 11.3 Å². The van der Waals surface area contributed by atoms with Gasteiger partial charge in [0.15, 0.2) is 0 Å². The highest BCUT2D eigenvalue weighted by Crippen LogP contribution is 2.33. The summed E-state index contributed by atoms with van der Waals surface area (Å²) in [7, 11) is 0. The summed E-state index contributed by atoms with van der Waals surface area (Å²) in [6.45, 7) is 0.906. The van der Waals surface area contributed by atoms with E-state index < -0.39 is 0 Å². The molecule has 3 rings (SSSR count). The molecule has 0 spiro atoms. The van der Waals surface area contributed by atoms with E-state index in [4.69, 9.17) is 15.2 Å². The Morgan fingerprint density at radius 1 is 1.24 bits per heavy atom. The molecule has 2 aromatic carbocycles. The first-order valence-corrected chi connectivity index (χ1v) is 6.94. The summed E-state index contributed by atoms with van der Waals surface area (Å²) < 4.78 is 10.9. The van der Waals surface area contributed by atoms with Crippen molar-refractivity contribution in [1.29, 1.82) is 0 Å². The Morgan fingerprint density at radius 3 is 2.95 bits per heavy atom. The van der Waals surface area contributed by atoms with Crippen molar-refractivity contribution in [1.82, 2.24) is 0 Å². The third-order valence-corrected chi connectivity index (χ3v) is 3.54. The zero-order valence-electron chi connectivity index (χ0n) is 11.6. The lowest BCUT2D eigenvalue weighted by molar-refractivity contribution is -0.143. The van der Waals surface area contributed by atoms with Crippen LogP contribution in [0, 0.1) is 0 Å². The number of ether oxygens (including phenoxy) is 2. The van der Waals surface area contributed by atoms with Crippen molar-refractivity contribution in [2.24, 2.45) is 0 Å². The van der Waals surface area contributed by atoms with E-state index in [9.17, 15) is 4.79 Å². The maximum Gasteiger partial charge on any atom is 0.310 e. The Kier molecular flexibility index (Phi) is 3.77. The first-order chi connectivity index (χ1) is 10.2. The molecule has 0 amide bonds. The molecule has 1 aliphatic heterocycles. The van der Waals surface area contributed by atoms with Gasteiger partial charge in [0.1, 0.15) is 12.4 Å². The predicted molar refractivity (Wildman–Crippen MR) is 80.2 cm³/mol. The predicted octanol–water partition coefficient (Wildman–Crippen LogP) is 2.53. The van der Waals surface area contributed by atoms with Crippen LogP contribution in [0.25, 0.3) is 0 Å². The zero-order valence-corrected chi connectivity index (χ0v) is 11.6. The van der Waals surface area contributed by atoms with Gasteiger partial charge in [-0.3, -0.25) is 4.79 Å². The average molecular weight is 283 g/mol. The van der Waals surface area contributed by atoms with Crippen molar-refractivity contribution in [3.63, 3.8) is 0 Å². The SMILES string of the molecule is Nc1cccc(CC(=O)OCC2COc3ccccc32)c1. The lowest BCUT2D eigenvalue weighted by atomic mass is 10.0. The van der Waals surface area contributed by atoms with Crippen LogP contribution >= 0.6 is 0 Å². The lowest BCUT2D eigenvalue weighted by Crippen LogP contribution is -2.15. The number of hydrogen-bond acceptors (Lipinski definition) is 4. The summed E-state index contributed by atoms with van der Waals surface area (Å²) in [4.78, 5) is 11.9. The van der Waals surface area contributed by atoms with Gasteiger partial charge in [-0.15, -0.1) is 0 Å². The van der Waals surface area contributed by atoms with E-state index in [0.29, 0.717) is 18.9 Å². The lowest BCUT2D eigenvalue weighted by Gasteiger charge is -2.10. The molecule has 4 heteroatoms. The molecule has 0 saturated carbocycles. The topological polar surface area (TPSA) is 61.6 Å². The van der Waals surface area contributed by atoms with E-state index in [2.05, 4.69) is 0 Å². The van der Waals surface area contributed by atoms with Gasteiger partial charge in [0.25, 0.3) is 0 Å². The number of benzene rings is 2. The number of nitrogen functional groups attached to an aromatic ring is 1. The third kappa shape index (κ3) is 3.16. The zero-order chi connectivity index (χ0) is 14.7. The molecule has 21 heavy (non-hydrogen) atoms. The number of esters is 1. The minimum atomic E-state index is -0.245. The summed E-state index contributed by atoms with van der Waals surface area (Å²) in [5.41, 5.74) is 8.31. The molecule has 1 heterocycles. The number of carbonyl (C=O) groups excluding carboxylic acids is 1. The maximum atomic E-state index is 11.9. The van der Waals surface area contributed by atoms with Crippen molar-refractivity contribution in [2.45, 2.75) is 12.3 Å². The molecule has 0 aliphatic carbocycles. The van der Waals surface area contributed by atoms with Gasteiger partial charge in [-0.05, 0) is 23.8 Å². The van der Waals surface area contributed by atoms with Gasteiger partial charge in [-0.25, -0.2) is 0 Å². The first-order valence-electron chi connectivity index (χ1n) is 6.94. The Morgan fingerprint density at radius 2 is 2.10 bits per heavy atom. The second-order valence-corrected chi connectivity index (χ2v) is 5.15. The van der Waals surface area contributed by atoms with E-state index >= 15 is 0 Å². The largest absolute Gasteiger partial charge is 0.493 e. The van der Waals surface area contributed by atoms with Crippen LogP contribution in [0.5, 0.6) is 5.75 Å². The van der Waals surface area contributed by atoms with Gasteiger partial charge in [0.05, 0.1) is 18.9 Å².